The van der Waals surface area contributed by atoms with Gasteiger partial charge < -0.3 is 14.1 Å². The first-order chi connectivity index (χ1) is 18.1. The molecule has 3 heterocycles. The molecule has 0 unspecified atom stereocenters. The molecule has 4 heteroatoms. The van der Waals surface area contributed by atoms with E-state index in [0.717, 1.165) is 61.9 Å². The van der Waals surface area contributed by atoms with Crippen LogP contribution in [0.1, 0.15) is 31.9 Å². The number of anilines is 1. The van der Waals surface area contributed by atoms with Crippen LogP contribution in [0.15, 0.2) is 65.2 Å². The van der Waals surface area contributed by atoms with Crippen molar-refractivity contribution in [3.8, 4) is 22.8 Å². The normalized spacial score (nSPS) is 12.9. The second-order valence-corrected chi connectivity index (χ2v) is 12.2. The van der Waals surface area contributed by atoms with E-state index in [4.69, 9.17) is 9.15 Å². The van der Waals surface area contributed by atoms with E-state index in [1.165, 1.54) is 27.6 Å². The number of furan rings is 1. The third-order valence-corrected chi connectivity index (χ3v) is 7.92. The number of ether oxygens (including phenoxy) is 1. The fourth-order valence-corrected chi connectivity index (χ4v) is 6.40. The van der Waals surface area contributed by atoms with E-state index in [9.17, 15) is 0 Å². The summed E-state index contributed by atoms with van der Waals surface area (Å²) in [5, 5.41) is 6.86. The number of nitrogens with zero attached hydrogens (tertiary/aromatic N) is 2. The predicted octanol–water partition coefficient (Wildman–Crippen LogP) is 8.45. The van der Waals surface area contributed by atoms with E-state index in [0.29, 0.717) is 0 Å². The first-order valence-electron chi connectivity index (χ1n) is 13.3. The molecule has 0 N–H and O–H groups in total. The van der Waals surface area contributed by atoms with Gasteiger partial charge in [-0.2, -0.15) is 0 Å². The monoisotopic (exact) mass is 501 g/mol. The SMILES string of the molecule is Cc1c2c(c(N(C)C)c3ccccc13)Oc1cc3c4ccc(CC(C)(C)C)cc4oc3c3cc[n+](C)c-2c13. The summed E-state index contributed by atoms with van der Waals surface area (Å²) < 4.78 is 15.7. The van der Waals surface area contributed by atoms with Crippen LogP contribution in [0.3, 0.4) is 0 Å². The average Bonchev–Trinajstić information content (AvgIpc) is 3.21. The summed E-state index contributed by atoms with van der Waals surface area (Å²) in [6.07, 6.45) is 3.16. The van der Waals surface area contributed by atoms with Crippen LogP contribution in [0.5, 0.6) is 11.5 Å². The van der Waals surface area contributed by atoms with Gasteiger partial charge in [0.1, 0.15) is 29.3 Å². The zero-order valence-corrected chi connectivity index (χ0v) is 23.2. The van der Waals surface area contributed by atoms with Crippen molar-refractivity contribution >= 4 is 49.2 Å². The van der Waals surface area contributed by atoms with E-state index in [1.54, 1.807) is 0 Å². The molecule has 0 saturated carbocycles. The van der Waals surface area contributed by atoms with Gasteiger partial charge in [0, 0.05) is 41.7 Å². The first-order valence-corrected chi connectivity index (χ1v) is 13.3. The van der Waals surface area contributed by atoms with Crippen molar-refractivity contribution in [2.45, 2.75) is 34.1 Å². The molecule has 190 valence electrons. The van der Waals surface area contributed by atoms with Crippen LogP contribution >= 0.6 is 0 Å². The quantitative estimate of drug-likeness (QED) is 0.223. The van der Waals surface area contributed by atoms with Crippen molar-refractivity contribution in [3.63, 3.8) is 0 Å². The third kappa shape index (κ3) is 3.19. The minimum absolute atomic E-state index is 0.215. The van der Waals surface area contributed by atoms with Gasteiger partial charge in [-0.25, -0.2) is 4.57 Å². The first kappa shape index (κ1) is 23.1. The van der Waals surface area contributed by atoms with Crippen LogP contribution < -0.4 is 14.2 Å². The molecule has 2 aromatic heterocycles. The highest BCUT2D eigenvalue weighted by Gasteiger charge is 2.34. The molecule has 0 aliphatic carbocycles. The number of aryl methyl sites for hydroxylation is 2. The van der Waals surface area contributed by atoms with E-state index in [2.05, 4.69) is 119 Å². The van der Waals surface area contributed by atoms with Crippen molar-refractivity contribution < 1.29 is 13.7 Å². The maximum atomic E-state index is 6.91. The van der Waals surface area contributed by atoms with Crippen molar-refractivity contribution in [2.24, 2.45) is 12.5 Å². The molecule has 0 atom stereocenters. The van der Waals surface area contributed by atoms with Crippen LogP contribution in [0, 0.1) is 12.3 Å². The molecule has 0 radical (unpaired) electrons. The second kappa shape index (κ2) is 7.73. The summed E-state index contributed by atoms with van der Waals surface area (Å²) in [5.41, 5.74) is 8.02. The molecule has 7 rings (SSSR count). The lowest BCUT2D eigenvalue weighted by atomic mass is 9.88. The van der Waals surface area contributed by atoms with Gasteiger partial charge in [-0.3, -0.25) is 0 Å². The van der Waals surface area contributed by atoms with Crippen molar-refractivity contribution in [1.29, 1.82) is 0 Å². The fraction of sp³-hybridized carbons (Fsp3) is 0.265. The number of pyridine rings is 1. The molecular formula is C34H33N2O2+. The van der Waals surface area contributed by atoms with Gasteiger partial charge in [0.25, 0.3) is 0 Å². The lowest BCUT2D eigenvalue weighted by Crippen LogP contribution is -2.32. The van der Waals surface area contributed by atoms with E-state index in [-0.39, 0.29) is 5.41 Å². The van der Waals surface area contributed by atoms with Gasteiger partial charge >= 0.3 is 0 Å². The van der Waals surface area contributed by atoms with Crippen molar-refractivity contribution in [3.05, 3.63) is 71.9 Å². The van der Waals surface area contributed by atoms with Crippen LogP contribution in [0.4, 0.5) is 5.69 Å². The molecule has 1 aliphatic heterocycles. The van der Waals surface area contributed by atoms with Crippen LogP contribution in [-0.4, -0.2) is 14.1 Å². The summed E-state index contributed by atoms with van der Waals surface area (Å²) in [4.78, 5) is 2.17. The molecule has 4 nitrogen and oxygen atoms in total. The lowest BCUT2D eigenvalue weighted by Gasteiger charge is -2.27. The smallest absolute Gasteiger partial charge is 0.228 e. The van der Waals surface area contributed by atoms with Gasteiger partial charge in [-0.15, -0.1) is 0 Å². The molecule has 4 aromatic carbocycles. The average molecular weight is 502 g/mol. The zero-order chi connectivity index (χ0) is 26.5. The standard InChI is InChI=1S/C34H33N2O2/c1-19-21-10-8-9-11-23(21)30(35(5)6)33-28(19)31-29-24(14-15-36(31)7)32-25(17-27(29)38-33)22-13-12-20(16-26(22)37-32)18-34(2,3)4/h8-17H,18H2,1-7H3/q+1. The minimum Gasteiger partial charge on any atom is -0.455 e. The predicted molar refractivity (Wildman–Crippen MR) is 158 cm³/mol. The van der Waals surface area contributed by atoms with Crippen molar-refractivity contribution in [2.75, 3.05) is 19.0 Å². The number of hydrogen-bond acceptors (Lipinski definition) is 3. The Labute approximate surface area is 223 Å². The van der Waals surface area contributed by atoms with Gasteiger partial charge in [0.15, 0.2) is 11.9 Å². The lowest BCUT2D eigenvalue weighted by molar-refractivity contribution is -0.659. The maximum Gasteiger partial charge on any atom is 0.228 e. The molecular weight excluding hydrogens is 468 g/mol. The molecule has 1 aliphatic rings. The summed E-state index contributed by atoms with van der Waals surface area (Å²) in [6, 6.07) is 19.6. The van der Waals surface area contributed by atoms with Gasteiger partial charge in [-0.05, 0) is 47.4 Å². The largest absolute Gasteiger partial charge is 0.455 e. The highest BCUT2D eigenvalue weighted by atomic mass is 16.5. The van der Waals surface area contributed by atoms with Crippen LogP contribution in [0.25, 0.3) is 54.7 Å². The van der Waals surface area contributed by atoms with E-state index < -0.39 is 0 Å². The number of rotatable bonds is 2. The fourth-order valence-electron chi connectivity index (χ4n) is 6.40. The van der Waals surface area contributed by atoms with E-state index in [1.807, 2.05) is 0 Å². The summed E-state index contributed by atoms with van der Waals surface area (Å²) in [5.74, 6) is 1.80. The topological polar surface area (TPSA) is 29.5 Å². The van der Waals surface area contributed by atoms with Gasteiger partial charge in [0.2, 0.25) is 5.69 Å². The minimum atomic E-state index is 0.215. The molecule has 0 fully saturated rings. The molecule has 0 spiro atoms. The summed E-state index contributed by atoms with van der Waals surface area (Å²) in [7, 11) is 6.32. The Balaban J connectivity index is 1.59. The number of benzene rings is 4. The second-order valence-electron chi connectivity index (χ2n) is 12.2. The molecule has 38 heavy (non-hydrogen) atoms. The number of hydrogen-bond donors (Lipinski definition) is 0. The summed E-state index contributed by atoms with van der Waals surface area (Å²) in [6.45, 7) is 9.03. The van der Waals surface area contributed by atoms with Crippen LogP contribution in [-0.2, 0) is 13.5 Å². The molecule has 6 aromatic rings. The highest BCUT2D eigenvalue weighted by molar-refractivity contribution is 6.20. The van der Waals surface area contributed by atoms with Crippen LogP contribution in [0.2, 0.25) is 0 Å². The third-order valence-electron chi connectivity index (χ3n) is 7.92. The number of aromatic nitrogens is 1. The Kier molecular flexibility index (Phi) is 4.70. The Morgan fingerprint density at radius 3 is 2.37 bits per heavy atom. The maximum absolute atomic E-state index is 6.91. The van der Waals surface area contributed by atoms with E-state index >= 15 is 0 Å². The Morgan fingerprint density at radius 2 is 1.63 bits per heavy atom. The Bertz CT molecular complexity index is 1950. The Morgan fingerprint density at radius 1 is 0.868 bits per heavy atom. The number of fused-ring (bicyclic) bond motifs is 7. The zero-order valence-electron chi connectivity index (χ0n) is 23.2. The molecule has 0 amide bonds. The van der Waals surface area contributed by atoms with Gasteiger partial charge in [-0.1, -0.05) is 57.2 Å². The molecule has 0 saturated heterocycles. The van der Waals surface area contributed by atoms with Crippen molar-refractivity contribution in [1.82, 2.24) is 0 Å². The summed E-state index contributed by atoms with van der Waals surface area (Å²) >= 11 is 0. The molecule has 0 bridgehead atoms. The highest BCUT2D eigenvalue weighted by Crippen LogP contribution is 2.54. The van der Waals surface area contributed by atoms with Gasteiger partial charge in [0.05, 0.1) is 11.3 Å². The Hall–Kier alpha value is -4.05.